The minimum absolute atomic E-state index is 0.133. The Labute approximate surface area is 146 Å². The van der Waals surface area contributed by atoms with E-state index >= 15 is 0 Å². The Balaban J connectivity index is 1.71. The molecule has 1 unspecified atom stereocenters. The third-order valence-corrected chi connectivity index (χ3v) is 4.31. The van der Waals surface area contributed by atoms with E-state index in [9.17, 15) is 14.3 Å². The van der Waals surface area contributed by atoms with Gasteiger partial charge >= 0.3 is 0 Å². The molecule has 9 heteroatoms. The smallest absolute Gasteiger partial charge is 0.237 e. The number of benzene rings is 2. The van der Waals surface area contributed by atoms with Crippen LogP contribution in [0.2, 0.25) is 0 Å². The fraction of sp³-hybridized carbons (Fsp3) is 0.125. The summed E-state index contributed by atoms with van der Waals surface area (Å²) in [5, 5.41) is 23.4. The molecule has 0 fully saturated rings. The zero-order valence-corrected chi connectivity index (χ0v) is 13.9. The van der Waals surface area contributed by atoms with Gasteiger partial charge in [-0.3, -0.25) is 4.79 Å². The second-order valence-electron chi connectivity index (χ2n) is 5.15. The molecule has 1 heterocycles. The van der Waals surface area contributed by atoms with E-state index in [-0.39, 0.29) is 11.7 Å². The van der Waals surface area contributed by atoms with Gasteiger partial charge in [-0.2, -0.15) is 4.68 Å². The molecule has 7 nitrogen and oxygen atoms in total. The van der Waals surface area contributed by atoms with Crippen molar-refractivity contribution in [1.29, 1.82) is 0 Å². The SMILES string of the molecule is CC(Sc1nnnn1-c1ccc(O)cc1)C(=O)Nc1cccc(F)c1. The molecule has 0 spiro atoms. The Bertz CT molecular complexity index is 884. The number of tetrazole rings is 1. The van der Waals surface area contributed by atoms with E-state index < -0.39 is 11.1 Å². The molecule has 1 atom stereocenters. The van der Waals surface area contributed by atoms with Gasteiger partial charge in [-0.25, -0.2) is 4.39 Å². The highest BCUT2D eigenvalue weighted by molar-refractivity contribution is 8.00. The van der Waals surface area contributed by atoms with Crippen LogP contribution in [0.4, 0.5) is 10.1 Å². The van der Waals surface area contributed by atoms with Gasteiger partial charge in [0.1, 0.15) is 11.6 Å². The Morgan fingerprint density at radius 2 is 2.04 bits per heavy atom. The minimum Gasteiger partial charge on any atom is -0.508 e. The summed E-state index contributed by atoms with van der Waals surface area (Å²) in [6.45, 7) is 1.70. The van der Waals surface area contributed by atoms with Gasteiger partial charge in [0.05, 0.1) is 10.9 Å². The molecule has 3 aromatic rings. The number of nitrogens with one attached hydrogen (secondary N) is 1. The van der Waals surface area contributed by atoms with Crippen molar-refractivity contribution < 1.29 is 14.3 Å². The first-order chi connectivity index (χ1) is 12.0. The highest BCUT2D eigenvalue weighted by atomic mass is 32.2. The third kappa shape index (κ3) is 4.13. The molecule has 1 aromatic heterocycles. The predicted octanol–water partition coefficient (Wildman–Crippen LogP) is 2.63. The lowest BCUT2D eigenvalue weighted by Gasteiger charge is -2.11. The molecule has 0 aliphatic rings. The van der Waals surface area contributed by atoms with Crippen molar-refractivity contribution in [2.75, 3.05) is 5.32 Å². The fourth-order valence-corrected chi connectivity index (χ4v) is 2.84. The highest BCUT2D eigenvalue weighted by Crippen LogP contribution is 2.24. The average Bonchev–Trinajstić information content (AvgIpc) is 3.03. The lowest BCUT2D eigenvalue weighted by atomic mass is 10.3. The molecule has 128 valence electrons. The van der Waals surface area contributed by atoms with Crippen LogP contribution in [0, 0.1) is 5.82 Å². The van der Waals surface area contributed by atoms with Crippen LogP contribution in [0.1, 0.15) is 6.92 Å². The Morgan fingerprint density at radius 3 is 2.76 bits per heavy atom. The molecule has 1 amide bonds. The first kappa shape index (κ1) is 16.9. The monoisotopic (exact) mass is 359 g/mol. The van der Waals surface area contributed by atoms with Crippen LogP contribution in [0.25, 0.3) is 5.69 Å². The number of phenols is 1. The van der Waals surface area contributed by atoms with Crippen molar-refractivity contribution in [3.05, 3.63) is 54.3 Å². The van der Waals surface area contributed by atoms with E-state index in [0.717, 1.165) is 0 Å². The molecule has 0 radical (unpaired) electrons. The molecule has 3 rings (SSSR count). The van der Waals surface area contributed by atoms with Crippen LogP contribution in [0.5, 0.6) is 5.75 Å². The van der Waals surface area contributed by atoms with Gasteiger partial charge < -0.3 is 10.4 Å². The van der Waals surface area contributed by atoms with Crippen LogP contribution in [0.3, 0.4) is 0 Å². The Hall–Kier alpha value is -2.94. The second-order valence-corrected chi connectivity index (χ2v) is 6.46. The summed E-state index contributed by atoms with van der Waals surface area (Å²) >= 11 is 1.17. The van der Waals surface area contributed by atoms with E-state index in [1.165, 1.54) is 46.8 Å². The number of hydrogen-bond acceptors (Lipinski definition) is 6. The number of nitrogens with zero attached hydrogens (tertiary/aromatic N) is 4. The third-order valence-electron chi connectivity index (χ3n) is 3.28. The number of aromatic nitrogens is 4. The van der Waals surface area contributed by atoms with Crippen molar-refractivity contribution >= 4 is 23.4 Å². The van der Waals surface area contributed by atoms with Gasteiger partial charge in [0, 0.05) is 5.69 Å². The summed E-state index contributed by atoms with van der Waals surface area (Å²) in [6.07, 6.45) is 0. The molecular weight excluding hydrogens is 345 g/mol. The van der Waals surface area contributed by atoms with Crippen LogP contribution in [-0.2, 0) is 4.79 Å². The summed E-state index contributed by atoms with van der Waals surface area (Å²) < 4.78 is 14.7. The van der Waals surface area contributed by atoms with Crippen molar-refractivity contribution in [3.63, 3.8) is 0 Å². The van der Waals surface area contributed by atoms with E-state index in [1.54, 1.807) is 25.1 Å². The number of hydrogen-bond donors (Lipinski definition) is 2. The van der Waals surface area contributed by atoms with Crippen molar-refractivity contribution in [1.82, 2.24) is 20.2 Å². The number of phenolic OH excluding ortho intramolecular Hbond substituents is 1. The van der Waals surface area contributed by atoms with Gasteiger partial charge in [0.15, 0.2) is 0 Å². The van der Waals surface area contributed by atoms with Crippen LogP contribution < -0.4 is 5.32 Å². The number of halogens is 1. The first-order valence-electron chi connectivity index (χ1n) is 7.34. The molecule has 2 aromatic carbocycles. The van der Waals surface area contributed by atoms with E-state index in [2.05, 4.69) is 20.8 Å². The number of carbonyl (C=O) groups excluding carboxylic acids is 1. The predicted molar refractivity (Wildman–Crippen MR) is 91.2 cm³/mol. The average molecular weight is 359 g/mol. The number of aromatic hydroxyl groups is 1. The van der Waals surface area contributed by atoms with Crippen molar-refractivity contribution in [2.45, 2.75) is 17.3 Å². The van der Waals surface area contributed by atoms with E-state index in [4.69, 9.17) is 0 Å². The molecule has 2 N–H and O–H groups in total. The maximum absolute atomic E-state index is 13.2. The molecule has 0 aliphatic heterocycles. The summed E-state index contributed by atoms with van der Waals surface area (Å²) in [4.78, 5) is 12.3. The van der Waals surface area contributed by atoms with Gasteiger partial charge in [-0.15, -0.1) is 5.10 Å². The highest BCUT2D eigenvalue weighted by Gasteiger charge is 2.19. The Morgan fingerprint density at radius 1 is 1.28 bits per heavy atom. The van der Waals surface area contributed by atoms with Crippen molar-refractivity contribution in [2.24, 2.45) is 0 Å². The number of amides is 1. The summed E-state index contributed by atoms with van der Waals surface area (Å²) in [5.41, 5.74) is 1.04. The normalized spacial score (nSPS) is 11.9. The zero-order chi connectivity index (χ0) is 17.8. The van der Waals surface area contributed by atoms with E-state index in [1.807, 2.05) is 0 Å². The topological polar surface area (TPSA) is 92.9 Å². The maximum atomic E-state index is 13.2. The Kier molecular flexibility index (Phi) is 4.94. The van der Waals surface area contributed by atoms with E-state index in [0.29, 0.717) is 16.5 Å². The fourth-order valence-electron chi connectivity index (χ4n) is 2.03. The second kappa shape index (κ2) is 7.31. The first-order valence-corrected chi connectivity index (χ1v) is 8.22. The van der Waals surface area contributed by atoms with Crippen LogP contribution in [-0.4, -0.2) is 36.5 Å². The molecule has 0 saturated carbocycles. The van der Waals surface area contributed by atoms with Crippen LogP contribution >= 0.6 is 11.8 Å². The summed E-state index contributed by atoms with van der Waals surface area (Å²) in [7, 11) is 0. The molecule has 25 heavy (non-hydrogen) atoms. The minimum atomic E-state index is -0.509. The van der Waals surface area contributed by atoms with Gasteiger partial charge in [0.2, 0.25) is 11.1 Å². The number of rotatable bonds is 5. The summed E-state index contributed by atoms with van der Waals surface area (Å²) in [5.74, 6) is -0.584. The van der Waals surface area contributed by atoms with Crippen LogP contribution in [0.15, 0.2) is 53.7 Å². The zero-order valence-electron chi connectivity index (χ0n) is 13.1. The lowest BCUT2D eigenvalue weighted by Crippen LogP contribution is -2.23. The standard InChI is InChI=1S/C16H14FN5O2S/c1-10(15(24)18-12-4-2-3-11(17)9-12)25-16-19-20-21-22(16)13-5-7-14(23)8-6-13/h2-10,23H,1H3,(H,18,24). The molecular formula is C16H14FN5O2S. The van der Waals surface area contributed by atoms with Gasteiger partial charge in [0.25, 0.3) is 0 Å². The van der Waals surface area contributed by atoms with Gasteiger partial charge in [-0.05, 0) is 59.8 Å². The number of carbonyl (C=O) groups is 1. The molecule has 0 saturated heterocycles. The quantitative estimate of drug-likeness (QED) is 0.680. The van der Waals surface area contributed by atoms with Crippen molar-refractivity contribution in [3.8, 4) is 11.4 Å². The molecule has 0 bridgehead atoms. The maximum Gasteiger partial charge on any atom is 0.237 e. The number of anilines is 1. The largest absolute Gasteiger partial charge is 0.508 e. The summed E-state index contributed by atoms with van der Waals surface area (Å²) in [6, 6.07) is 12.0. The number of thioether (sulfide) groups is 1. The van der Waals surface area contributed by atoms with Gasteiger partial charge in [-0.1, -0.05) is 17.8 Å². The molecule has 0 aliphatic carbocycles. The lowest BCUT2D eigenvalue weighted by molar-refractivity contribution is -0.115.